The first-order chi connectivity index (χ1) is 13.5. The van der Waals surface area contributed by atoms with E-state index in [1.54, 1.807) is 39.0 Å². The number of ether oxygens (including phenoxy) is 2. The molecule has 0 unspecified atom stereocenters. The summed E-state index contributed by atoms with van der Waals surface area (Å²) in [4.78, 5) is 36.3. The molecule has 7 heteroatoms. The summed E-state index contributed by atoms with van der Waals surface area (Å²) >= 11 is 0. The summed E-state index contributed by atoms with van der Waals surface area (Å²) in [5.74, 6) is -1.06. The average Bonchev–Trinajstić information content (AvgIpc) is 2.60. The summed E-state index contributed by atoms with van der Waals surface area (Å²) in [6.45, 7) is 8.72. The number of rotatable bonds is 5. The van der Waals surface area contributed by atoms with Gasteiger partial charge >= 0.3 is 12.1 Å². The zero-order chi connectivity index (χ0) is 21.6. The maximum Gasteiger partial charge on any atom is 0.412 e. The molecule has 0 radical (unpaired) electrons. The second kappa shape index (κ2) is 9.23. The van der Waals surface area contributed by atoms with Crippen molar-refractivity contribution in [3.05, 3.63) is 59.7 Å². The molecule has 0 spiro atoms. The summed E-state index contributed by atoms with van der Waals surface area (Å²) in [6, 6.07) is 13.4. The number of carbonyl (C=O) groups excluding carboxylic acids is 3. The molecular weight excluding hydrogens is 372 g/mol. The van der Waals surface area contributed by atoms with E-state index in [0.29, 0.717) is 11.4 Å². The molecule has 0 heterocycles. The van der Waals surface area contributed by atoms with Gasteiger partial charge in [-0.25, -0.2) is 9.59 Å². The number of carbonyl (C=O) groups is 3. The number of benzene rings is 2. The lowest BCUT2D eigenvalue weighted by Gasteiger charge is -2.19. The van der Waals surface area contributed by atoms with E-state index in [1.807, 2.05) is 25.1 Å². The van der Waals surface area contributed by atoms with Crippen molar-refractivity contribution in [1.29, 1.82) is 0 Å². The Morgan fingerprint density at radius 1 is 0.931 bits per heavy atom. The molecule has 0 aliphatic carbocycles. The smallest absolute Gasteiger partial charge is 0.412 e. The normalized spacial score (nSPS) is 11.9. The van der Waals surface area contributed by atoms with E-state index in [-0.39, 0.29) is 5.56 Å². The van der Waals surface area contributed by atoms with E-state index in [9.17, 15) is 14.4 Å². The highest BCUT2D eigenvalue weighted by Crippen LogP contribution is 2.15. The molecular formula is C22H26N2O5. The van der Waals surface area contributed by atoms with Crippen LogP contribution in [0.1, 0.15) is 43.6 Å². The molecule has 2 aromatic carbocycles. The predicted molar refractivity (Wildman–Crippen MR) is 111 cm³/mol. The highest BCUT2D eigenvalue weighted by atomic mass is 16.6. The SMILES string of the molecule is Cc1cccc(NC(=O)[C@@H](C)OC(=O)c2ccc(NC(=O)OC(C)(C)C)cc2)c1. The Kier molecular flexibility index (Phi) is 6.98. The van der Waals surface area contributed by atoms with Crippen LogP contribution in [0.2, 0.25) is 0 Å². The van der Waals surface area contributed by atoms with Gasteiger partial charge in [0.2, 0.25) is 0 Å². The molecule has 0 aliphatic heterocycles. The van der Waals surface area contributed by atoms with Crippen LogP contribution >= 0.6 is 0 Å². The molecule has 29 heavy (non-hydrogen) atoms. The fourth-order valence-electron chi connectivity index (χ4n) is 2.36. The van der Waals surface area contributed by atoms with Crippen LogP contribution in [0.25, 0.3) is 0 Å². The van der Waals surface area contributed by atoms with Gasteiger partial charge in [-0.05, 0) is 76.6 Å². The first kappa shape index (κ1) is 21.9. The third-order valence-corrected chi connectivity index (χ3v) is 3.70. The van der Waals surface area contributed by atoms with E-state index in [1.165, 1.54) is 19.1 Å². The van der Waals surface area contributed by atoms with E-state index < -0.39 is 29.7 Å². The van der Waals surface area contributed by atoms with Crippen molar-refractivity contribution in [2.75, 3.05) is 10.6 Å². The van der Waals surface area contributed by atoms with Gasteiger partial charge in [-0.3, -0.25) is 10.1 Å². The van der Waals surface area contributed by atoms with E-state index >= 15 is 0 Å². The molecule has 2 aromatic rings. The second-order valence-corrected chi connectivity index (χ2v) is 7.61. The van der Waals surface area contributed by atoms with Crippen molar-refractivity contribution in [3.63, 3.8) is 0 Å². The summed E-state index contributed by atoms with van der Waals surface area (Å²) in [6.07, 6.45) is -1.56. The molecule has 154 valence electrons. The lowest BCUT2D eigenvalue weighted by molar-refractivity contribution is -0.123. The summed E-state index contributed by atoms with van der Waals surface area (Å²) in [5, 5.41) is 5.29. The first-order valence-corrected chi connectivity index (χ1v) is 9.22. The molecule has 0 bridgehead atoms. The average molecular weight is 398 g/mol. The van der Waals surface area contributed by atoms with Crippen LogP contribution < -0.4 is 10.6 Å². The van der Waals surface area contributed by atoms with Crippen molar-refractivity contribution in [1.82, 2.24) is 0 Å². The molecule has 1 atom stereocenters. The predicted octanol–water partition coefficient (Wildman–Crippen LogP) is 4.53. The van der Waals surface area contributed by atoms with Gasteiger partial charge in [0, 0.05) is 11.4 Å². The van der Waals surface area contributed by atoms with Crippen LogP contribution in [0.5, 0.6) is 0 Å². The Labute approximate surface area is 170 Å². The number of esters is 1. The lowest BCUT2D eigenvalue weighted by Crippen LogP contribution is -2.30. The summed E-state index contributed by atoms with van der Waals surface area (Å²) in [7, 11) is 0. The molecule has 2 rings (SSSR count). The fourth-order valence-corrected chi connectivity index (χ4v) is 2.36. The maximum atomic E-state index is 12.3. The van der Waals surface area contributed by atoms with Crippen LogP contribution in [0.4, 0.5) is 16.2 Å². The number of anilines is 2. The Hall–Kier alpha value is -3.35. The topological polar surface area (TPSA) is 93.7 Å². The van der Waals surface area contributed by atoms with E-state index in [0.717, 1.165) is 5.56 Å². The summed E-state index contributed by atoms with van der Waals surface area (Å²) < 4.78 is 10.4. The van der Waals surface area contributed by atoms with Gasteiger partial charge in [0.05, 0.1) is 5.56 Å². The number of hydrogen-bond acceptors (Lipinski definition) is 5. The van der Waals surface area contributed by atoms with Gasteiger partial charge in [-0.2, -0.15) is 0 Å². The number of aryl methyl sites for hydroxylation is 1. The van der Waals surface area contributed by atoms with Crippen LogP contribution in [0.15, 0.2) is 48.5 Å². The van der Waals surface area contributed by atoms with Gasteiger partial charge in [-0.15, -0.1) is 0 Å². The first-order valence-electron chi connectivity index (χ1n) is 9.22. The molecule has 0 saturated carbocycles. The maximum absolute atomic E-state index is 12.3. The van der Waals surface area contributed by atoms with Gasteiger partial charge in [0.15, 0.2) is 6.10 Å². The molecule has 0 saturated heterocycles. The molecule has 2 N–H and O–H groups in total. The summed E-state index contributed by atoms with van der Waals surface area (Å²) in [5.41, 5.74) is 1.77. The highest BCUT2D eigenvalue weighted by Gasteiger charge is 2.20. The van der Waals surface area contributed by atoms with Gasteiger partial charge in [0.25, 0.3) is 5.91 Å². The molecule has 0 aliphatic rings. The van der Waals surface area contributed by atoms with Gasteiger partial charge < -0.3 is 14.8 Å². The van der Waals surface area contributed by atoms with Crippen LogP contribution in [-0.2, 0) is 14.3 Å². The minimum absolute atomic E-state index is 0.259. The van der Waals surface area contributed by atoms with Crippen molar-refractivity contribution in [2.24, 2.45) is 0 Å². The molecule has 7 nitrogen and oxygen atoms in total. The van der Waals surface area contributed by atoms with Crippen molar-refractivity contribution < 1.29 is 23.9 Å². The number of nitrogens with one attached hydrogen (secondary N) is 2. The van der Waals surface area contributed by atoms with E-state index in [4.69, 9.17) is 9.47 Å². The van der Waals surface area contributed by atoms with Crippen LogP contribution in [0.3, 0.4) is 0 Å². The van der Waals surface area contributed by atoms with Gasteiger partial charge in [-0.1, -0.05) is 12.1 Å². The van der Waals surface area contributed by atoms with Gasteiger partial charge in [0.1, 0.15) is 5.60 Å². The Balaban J connectivity index is 1.91. The van der Waals surface area contributed by atoms with Crippen molar-refractivity contribution in [2.45, 2.75) is 46.3 Å². The minimum Gasteiger partial charge on any atom is -0.449 e. The molecule has 2 amide bonds. The highest BCUT2D eigenvalue weighted by molar-refractivity contribution is 5.97. The largest absolute Gasteiger partial charge is 0.449 e. The zero-order valence-corrected chi connectivity index (χ0v) is 17.2. The third-order valence-electron chi connectivity index (χ3n) is 3.70. The van der Waals surface area contributed by atoms with Crippen LogP contribution in [0, 0.1) is 6.92 Å². The Morgan fingerprint density at radius 2 is 1.59 bits per heavy atom. The van der Waals surface area contributed by atoms with Crippen molar-refractivity contribution in [3.8, 4) is 0 Å². The Bertz CT molecular complexity index is 885. The lowest BCUT2D eigenvalue weighted by atomic mass is 10.2. The zero-order valence-electron chi connectivity index (χ0n) is 17.2. The number of amides is 2. The monoisotopic (exact) mass is 398 g/mol. The van der Waals surface area contributed by atoms with Crippen LogP contribution in [-0.4, -0.2) is 29.7 Å². The quantitative estimate of drug-likeness (QED) is 0.722. The Morgan fingerprint density at radius 3 is 2.17 bits per heavy atom. The molecule has 0 aromatic heterocycles. The third kappa shape index (κ3) is 7.29. The minimum atomic E-state index is -0.970. The number of hydrogen-bond donors (Lipinski definition) is 2. The second-order valence-electron chi connectivity index (χ2n) is 7.61. The van der Waals surface area contributed by atoms with E-state index in [2.05, 4.69) is 10.6 Å². The standard InChI is InChI=1S/C22H26N2O5/c1-14-7-6-8-18(13-14)23-19(25)15(2)28-20(26)16-9-11-17(12-10-16)24-21(27)29-22(3,4)5/h6-13,15H,1-5H3,(H,23,25)(H,24,27)/t15-/m1/s1. The fraction of sp³-hybridized carbons (Fsp3) is 0.318. The molecule has 0 fully saturated rings. The van der Waals surface area contributed by atoms with Crippen molar-refractivity contribution >= 4 is 29.3 Å².